The molecule has 0 aliphatic carbocycles. The molecule has 1 saturated heterocycles. The fourth-order valence-corrected chi connectivity index (χ4v) is 1.60. The van der Waals surface area contributed by atoms with Gasteiger partial charge < -0.3 is 21.5 Å². The predicted octanol–water partition coefficient (Wildman–Crippen LogP) is -1.89. The van der Waals surface area contributed by atoms with Crippen molar-refractivity contribution >= 4 is 5.91 Å². The van der Waals surface area contributed by atoms with Crippen LogP contribution in [0.15, 0.2) is 0 Å². The summed E-state index contributed by atoms with van der Waals surface area (Å²) in [5, 5.41) is 8.88. The highest BCUT2D eigenvalue weighted by Crippen LogP contribution is 2.14. The summed E-state index contributed by atoms with van der Waals surface area (Å²) in [6, 6.07) is -0.586. The van der Waals surface area contributed by atoms with Gasteiger partial charge in [-0.25, -0.2) is 0 Å². The number of hydrogen-bond acceptors (Lipinski definition) is 4. The molecule has 1 heterocycles. The van der Waals surface area contributed by atoms with Gasteiger partial charge in [-0.15, -0.1) is 0 Å². The SMILES string of the molecule is NC(=O)C(N)CN1CCC(CO)C1. The average molecular weight is 187 g/mol. The number of amides is 1. The van der Waals surface area contributed by atoms with Crippen LogP contribution in [0.5, 0.6) is 0 Å². The molecule has 5 N–H and O–H groups in total. The third-order valence-corrected chi connectivity index (χ3v) is 2.45. The highest BCUT2D eigenvalue weighted by molar-refractivity contribution is 5.79. The molecule has 0 aromatic carbocycles. The van der Waals surface area contributed by atoms with Gasteiger partial charge in [-0.1, -0.05) is 0 Å². The molecule has 1 amide bonds. The lowest BCUT2D eigenvalue weighted by molar-refractivity contribution is -0.119. The van der Waals surface area contributed by atoms with E-state index in [9.17, 15) is 4.79 Å². The minimum Gasteiger partial charge on any atom is -0.396 e. The molecular weight excluding hydrogens is 170 g/mol. The van der Waals surface area contributed by atoms with Crippen LogP contribution in [0.1, 0.15) is 6.42 Å². The number of nitrogens with zero attached hydrogens (tertiary/aromatic N) is 1. The van der Waals surface area contributed by atoms with Gasteiger partial charge in [-0.3, -0.25) is 4.79 Å². The van der Waals surface area contributed by atoms with E-state index < -0.39 is 11.9 Å². The molecular formula is C8H17N3O2. The zero-order valence-corrected chi connectivity index (χ0v) is 7.65. The molecule has 1 aliphatic rings. The van der Waals surface area contributed by atoms with Crippen LogP contribution in [-0.4, -0.2) is 48.2 Å². The zero-order valence-electron chi connectivity index (χ0n) is 7.65. The number of aliphatic hydroxyl groups is 1. The Balaban J connectivity index is 2.27. The minimum atomic E-state index is -0.586. The predicted molar refractivity (Wildman–Crippen MR) is 48.8 cm³/mol. The molecule has 0 bridgehead atoms. The van der Waals surface area contributed by atoms with Crippen LogP contribution in [-0.2, 0) is 4.79 Å². The van der Waals surface area contributed by atoms with Gasteiger partial charge in [0.2, 0.25) is 5.91 Å². The Bertz CT molecular complexity index is 186. The van der Waals surface area contributed by atoms with Crippen molar-refractivity contribution in [2.45, 2.75) is 12.5 Å². The van der Waals surface area contributed by atoms with E-state index in [2.05, 4.69) is 4.90 Å². The maximum atomic E-state index is 10.7. The molecule has 1 rings (SSSR count). The van der Waals surface area contributed by atoms with Gasteiger partial charge in [0.1, 0.15) is 0 Å². The molecule has 1 aliphatic heterocycles. The summed E-state index contributed by atoms with van der Waals surface area (Å²) in [5.74, 6) is -0.132. The first-order valence-corrected chi connectivity index (χ1v) is 4.51. The third kappa shape index (κ3) is 2.95. The molecule has 0 saturated carbocycles. The second kappa shape index (κ2) is 4.55. The average Bonchev–Trinajstić information content (AvgIpc) is 2.52. The topological polar surface area (TPSA) is 92.6 Å². The van der Waals surface area contributed by atoms with E-state index in [1.165, 1.54) is 0 Å². The van der Waals surface area contributed by atoms with E-state index in [0.29, 0.717) is 12.5 Å². The molecule has 0 aromatic rings. The number of aliphatic hydroxyl groups excluding tert-OH is 1. The smallest absolute Gasteiger partial charge is 0.235 e. The van der Waals surface area contributed by atoms with Crippen molar-refractivity contribution in [3.05, 3.63) is 0 Å². The maximum Gasteiger partial charge on any atom is 0.235 e. The van der Waals surface area contributed by atoms with Crippen LogP contribution >= 0.6 is 0 Å². The van der Waals surface area contributed by atoms with Crippen LogP contribution in [0.4, 0.5) is 0 Å². The Labute approximate surface area is 77.7 Å². The molecule has 5 nitrogen and oxygen atoms in total. The second-order valence-electron chi connectivity index (χ2n) is 3.61. The highest BCUT2D eigenvalue weighted by Gasteiger charge is 2.24. The van der Waals surface area contributed by atoms with Crippen LogP contribution in [0.2, 0.25) is 0 Å². The molecule has 1 fully saturated rings. The van der Waals surface area contributed by atoms with E-state index in [1.807, 2.05) is 0 Å². The number of likely N-dealkylation sites (tertiary alicyclic amines) is 1. The lowest BCUT2D eigenvalue weighted by Crippen LogP contribution is -2.45. The Kier molecular flexibility index (Phi) is 3.65. The van der Waals surface area contributed by atoms with Crippen LogP contribution in [0.3, 0.4) is 0 Å². The molecule has 13 heavy (non-hydrogen) atoms. The van der Waals surface area contributed by atoms with Crippen molar-refractivity contribution in [1.29, 1.82) is 0 Å². The molecule has 0 aromatic heterocycles. The van der Waals surface area contributed by atoms with E-state index in [0.717, 1.165) is 19.5 Å². The van der Waals surface area contributed by atoms with Crippen molar-refractivity contribution < 1.29 is 9.90 Å². The Hall–Kier alpha value is -0.650. The molecule has 2 atom stereocenters. The summed E-state index contributed by atoms with van der Waals surface area (Å²) >= 11 is 0. The molecule has 2 unspecified atom stereocenters. The Morgan fingerprint density at radius 1 is 1.69 bits per heavy atom. The van der Waals surface area contributed by atoms with E-state index >= 15 is 0 Å². The van der Waals surface area contributed by atoms with Crippen LogP contribution < -0.4 is 11.5 Å². The van der Waals surface area contributed by atoms with Crippen molar-refractivity contribution in [2.75, 3.05) is 26.2 Å². The summed E-state index contributed by atoms with van der Waals surface area (Å²) in [5.41, 5.74) is 10.5. The number of rotatable bonds is 4. The van der Waals surface area contributed by atoms with Crippen LogP contribution in [0.25, 0.3) is 0 Å². The fraction of sp³-hybridized carbons (Fsp3) is 0.875. The Morgan fingerprint density at radius 2 is 2.38 bits per heavy atom. The van der Waals surface area contributed by atoms with Gasteiger partial charge in [0.05, 0.1) is 6.04 Å². The van der Waals surface area contributed by atoms with Crippen molar-refractivity contribution in [3.8, 4) is 0 Å². The third-order valence-electron chi connectivity index (χ3n) is 2.45. The normalized spacial score (nSPS) is 26.2. The fourth-order valence-electron chi connectivity index (χ4n) is 1.60. The van der Waals surface area contributed by atoms with E-state index in [4.69, 9.17) is 16.6 Å². The minimum absolute atomic E-state index is 0.211. The summed E-state index contributed by atoms with van der Waals surface area (Å²) in [6.07, 6.45) is 0.974. The zero-order chi connectivity index (χ0) is 9.84. The summed E-state index contributed by atoms with van der Waals surface area (Å²) < 4.78 is 0. The monoisotopic (exact) mass is 187 g/mol. The molecule has 0 spiro atoms. The Morgan fingerprint density at radius 3 is 2.85 bits per heavy atom. The van der Waals surface area contributed by atoms with Gasteiger partial charge in [-0.05, 0) is 18.9 Å². The van der Waals surface area contributed by atoms with Gasteiger partial charge in [0.25, 0.3) is 0 Å². The van der Waals surface area contributed by atoms with Crippen LogP contribution in [0, 0.1) is 5.92 Å². The van der Waals surface area contributed by atoms with Crippen molar-refractivity contribution in [2.24, 2.45) is 17.4 Å². The quantitative estimate of drug-likeness (QED) is 0.480. The highest BCUT2D eigenvalue weighted by atomic mass is 16.3. The van der Waals surface area contributed by atoms with Gasteiger partial charge >= 0.3 is 0 Å². The first-order valence-electron chi connectivity index (χ1n) is 4.51. The molecule has 5 heteroatoms. The summed E-state index contributed by atoms with van der Waals surface area (Å²) in [6.45, 7) is 2.43. The first-order chi connectivity index (χ1) is 6.13. The molecule has 0 radical (unpaired) electrons. The molecule has 76 valence electrons. The number of carbonyl (C=O) groups is 1. The van der Waals surface area contributed by atoms with Crippen molar-refractivity contribution in [3.63, 3.8) is 0 Å². The lowest BCUT2D eigenvalue weighted by atomic mass is 10.1. The van der Waals surface area contributed by atoms with E-state index in [1.54, 1.807) is 0 Å². The second-order valence-corrected chi connectivity index (χ2v) is 3.61. The number of primary amides is 1. The van der Waals surface area contributed by atoms with Gasteiger partial charge in [0, 0.05) is 19.7 Å². The standard InChI is InChI=1S/C8H17N3O2/c9-7(8(10)13)4-11-2-1-6(3-11)5-12/h6-7,12H,1-5,9H2,(H2,10,13). The maximum absolute atomic E-state index is 10.7. The summed E-state index contributed by atoms with van der Waals surface area (Å²) in [7, 11) is 0. The van der Waals surface area contributed by atoms with Gasteiger partial charge in [-0.2, -0.15) is 0 Å². The van der Waals surface area contributed by atoms with E-state index in [-0.39, 0.29) is 6.61 Å². The first kappa shape index (κ1) is 10.4. The number of hydrogen-bond donors (Lipinski definition) is 3. The largest absolute Gasteiger partial charge is 0.396 e. The number of carbonyl (C=O) groups excluding carboxylic acids is 1. The number of nitrogens with two attached hydrogens (primary N) is 2. The summed E-state index contributed by atoms with van der Waals surface area (Å²) in [4.78, 5) is 12.7. The lowest BCUT2D eigenvalue weighted by Gasteiger charge is -2.18. The van der Waals surface area contributed by atoms with Crippen molar-refractivity contribution in [1.82, 2.24) is 4.90 Å². The van der Waals surface area contributed by atoms with Gasteiger partial charge in [0.15, 0.2) is 0 Å².